The van der Waals surface area contributed by atoms with Gasteiger partial charge in [0.2, 0.25) is 0 Å². The average molecular weight is 297 g/mol. The van der Waals surface area contributed by atoms with E-state index in [1.807, 2.05) is 18.2 Å². The first-order chi connectivity index (χ1) is 7.79. The predicted octanol–water partition coefficient (Wildman–Crippen LogP) is 2.24. The van der Waals surface area contributed by atoms with Crippen molar-refractivity contribution in [3.63, 3.8) is 0 Å². The molecule has 6 heteroatoms. The number of rotatable bonds is 3. The summed E-state index contributed by atoms with van der Waals surface area (Å²) < 4.78 is 0.954. The second kappa shape index (κ2) is 5.38. The van der Waals surface area contributed by atoms with Crippen LogP contribution < -0.4 is 5.73 Å². The molecule has 2 aromatic rings. The molecule has 0 saturated carbocycles. The number of halogens is 1. The van der Waals surface area contributed by atoms with Gasteiger partial charge in [0.05, 0.1) is 0 Å². The van der Waals surface area contributed by atoms with Gasteiger partial charge in [0.25, 0.3) is 0 Å². The number of hydrogen-bond donors (Lipinski definition) is 1. The highest BCUT2D eigenvalue weighted by molar-refractivity contribution is 9.10. The number of pyridine rings is 1. The number of aromatic nitrogens is 3. The summed E-state index contributed by atoms with van der Waals surface area (Å²) in [5.41, 5.74) is 6.60. The van der Waals surface area contributed by atoms with Gasteiger partial charge in [0.1, 0.15) is 10.1 Å². The van der Waals surface area contributed by atoms with E-state index >= 15 is 0 Å². The van der Waals surface area contributed by atoms with Gasteiger partial charge in [-0.15, -0.1) is 5.10 Å². The first-order valence-electron chi connectivity index (χ1n) is 4.59. The molecule has 2 rings (SSSR count). The normalized spacial score (nSPS) is 10.4. The van der Waals surface area contributed by atoms with Crippen molar-refractivity contribution in [1.29, 1.82) is 0 Å². The zero-order chi connectivity index (χ0) is 11.4. The topological polar surface area (TPSA) is 64.7 Å². The molecule has 0 atom stereocenters. The van der Waals surface area contributed by atoms with Crippen LogP contribution in [0.1, 0.15) is 5.56 Å². The lowest BCUT2D eigenvalue weighted by Gasteiger charge is -2.03. The van der Waals surface area contributed by atoms with Crippen molar-refractivity contribution in [2.45, 2.75) is 16.6 Å². The van der Waals surface area contributed by atoms with Gasteiger partial charge < -0.3 is 5.73 Å². The Hall–Kier alpha value is -0.980. The minimum Gasteiger partial charge on any atom is -0.326 e. The SMILES string of the molecule is NCc1ccnnc1Sc1ccc(Br)cn1. The monoisotopic (exact) mass is 296 g/mol. The molecule has 82 valence electrons. The predicted molar refractivity (Wildman–Crippen MR) is 66.0 cm³/mol. The van der Waals surface area contributed by atoms with Gasteiger partial charge in [-0.3, -0.25) is 0 Å². The standard InChI is InChI=1S/C10H9BrN4S/c11-8-1-2-9(13-6-8)16-10-7(5-12)3-4-14-15-10/h1-4,6H,5,12H2. The molecule has 0 fully saturated rings. The van der Waals surface area contributed by atoms with Crippen molar-refractivity contribution < 1.29 is 0 Å². The lowest BCUT2D eigenvalue weighted by Crippen LogP contribution is -2.00. The maximum atomic E-state index is 5.62. The fourth-order valence-electron chi connectivity index (χ4n) is 1.11. The fraction of sp³-hybridized carbons (Fsp3) is 0.100. The summed E-state index contributed by atoms with van der Waals surface area (Å²) in [6, 6.07) is 5.73. The van der Waals surface area contributed by atoms with Crippen molar-refractivity contribution in [2.75, 3.05) is 0 Å². The van der Waals surface area contributed by atoms with E-state index in [2.05, 4.69) is 31.1 Å². The van der Waals surface area contributed by atoms with Crippen LogP contribution in [0.4, 0.5) is 0 Å². The molecule has 2 aromatic heterocycles. The van der Waals surface area contributed by atoms with Gasteiger partial charge >= 0.3 is 0 Å². The molecule has 0 saturated heterocycles. The molecule has 0 unspecified atom stereocenters. The van der Waals surface area contributed by atoms with E-state index in [4.69, 9.17) is 5.73 Å². The number of hydrogen-bond acceptors (Lipinski definition) is 5. The zero-order valence-electron chi connectivity index (χ0n) is 8.30. The summed E-state index contributed by atoms with van der Waals surface area (Å²) in [5, 5.41) is 9.57. The van der Waals surface area contributed by atoms with Crippen LogP contribution in [-0.2, 0) is 6.54 Å². The Morgan fingerprint density at radius 2 is 2.19 bits per heavy atom. The molecule has 0 radical (unpaired) electrons. The summed E-state index contributed by atoms with van der Waals surface area (Å²) in [6.07, 6.45) is 3.39. The summed E-state index contributed by atoms with van der Waals surface area (Å²) in [4.78, 5) is 4.26. The van der Waals surface area contributed by atoms with E-state index in [9.17, 15) is 0 Å². The molecular weight excluding hydrogens is 288 g/mol. The Balaban J connectivity index is 2.23. The summed E-state index contributed by atoms with van der Waals surface area (Å²) >= 11 is 4.80. The molecule has 0 amide bonds. The van der Waals surface area contributed by atoms with E-state index in [1.165, 1.54) is 11.8 Å². The first kappa shape index (κ1) is 11.5. The summed E-state index contributed by atoms with van der Waals surface area (Å²) in [5.74, 6) is 0. The van der Waals surface area contributed by atoms with Gasteiger partial charge in [-0.05, 0) is 45.9 Å². The lowest BCUT2D eigenvalue weighted by molar-refractivity contribution is 0.864. The highest BCUT2D eigenvalue weighted by atomic mass is 79.9. The molecule has 0 aliphatic heterocycles. The van der Waals surface area contributed by atoms with Crippen LogP contribution in [0, 0.1) is 0 Å². The Bertz CT molecular complexity index is 475. The maximum Gasteiger partial charge on any atom is 0.129 e. The third-order valence-corrected chi connectivity index (χ3v) is 3.34. The van der Waals surface area contributed by atoms with Crippen LogP contribution in [0.15, 0.2) is 45.1 Å². The minimum atomic E-state index is 0.453. The van der Waals surface area contributed by atoms with Crippen LogP contribution in [0.2, 0.25) is 0 Å². The largest absolute Gasteiger partial charge is 0.326 e. The molecule has 2 N–H and O–H groups in total. The Morgan fingerprint density at radius 3 is 2.88 bits per heavy atom. The second-order valence-electron chi connectivity index (χ2n) is 2.98. The van der Waals surface area contributed by atoms with Gasteiger partial charge in [-0.2, -0.15) is 5.10 Å². The van der Waals surface area contributed by atoms with Gasteiger partial charge in [0.15, 0.2) is 0 Å². The molecule has 16 heavy (non-hydrogen) atoms. The smallest absolute Gasteiger partial charge is 0.129 e. The van der Waals surface area contributed by atoms with Crippen molar-refractivity contribution >= 4 is 27.7 Å². The van der Waals surface area contributed by atoms with Gasteiger partial charge in [0, 0.05) is 29.0 Å². The highest BCUT2D eigenvalue weighted by Gasteiger charge is 2.05. The molecule has 0 spiro atoms. The summed E-state index contributed by atoms with van der Waals surface area (Å²) in [6.45, 7) is 0.453. The molecule has 0 aliphatic carbocycles. The molecule has 0 aromatic carbocycles. The van der Waals surface area contributed by atoms with Crippen LogP contribution in [-0.4, -0.2) is 15.2 Å². The Morgan fingerprint density at radius 1 is 1.31 bits per heavy atom. The quantitative estimate of drug-likeness (QED) is 0.941. The van der Waals surface area contributed by atoms with E-state index in [-0.39, 0.29) is 0 Å². The maximum absolute atomic E-state index is 5.62. The van der Waals surface area contributed by atoms with E-state index < -0.39 is 0 Å². The molecule has 4 nitrogen and oxygen atoms in total. The average Bonchev–Trinajstić information content (AvgIpc) is 2.33. The Kier molecular flexibility index (Phi) is 3.87. The number of nitrogens with zero attached hydrogens (tertiary/aromatic N) is 3. The third-order valence-electron chi connectivity index (χ3n) is 1.89. The third kappa shape index (κ3) is 2.78. The fourth-order valence-corrected chi connectivity index (χ4v) is 2.15. The van der Waals surface area contributed by atoms with E-state index in [0.717, 1.165) is 20.1 Å². The van der Waals surface area contributed by atoms with Crippen molar-refractivity contribution in [2.24, 2.45) is 5.73 Å². The molecule has 2 heterocycles. The van der Waals surface area contributed by atoms with Crippen molar-refractivity contribution in [3.8, 4) is 0 Å². The molecule has 0 aliphatic rings. The Labute approximate surface area is 106 Å². The van der Waals surface area contributed by atoms with Crippen molar-refractivity contribution in [1.82, 2.24) is 15.2 Å². The van der Waals surface area contributed by atoms with Crippen LogP contribution >= 0.6 is 27.7 Å². The minimum absolute atomic E-state index is 0.453. The molecule has 0 bridgehead atoms. The zero-order valence-corrected chi connectivity index (χ0v) is 10.7. The van der Waals surface area contributed by atoms with E-state index in [0.29, 0.717) is 6.54 Å². The first-order valence-corrected chi connectivity index (χ1v) is 6.20. The second-order valence-corrected chi connectivity index (χ2v) is 4.91. The highest BCUT2D eigenvalue weighted by Crippen LogP contribution is 2.26. The van der Waals surface area contributed by atoms with Crippen LogP contribution in [0.3, 0.4) is 0 Å². The van der Waals surface area contributed by atoms with Crippen molar-refractivity contribution in [3.05, 3.63) is 40.6 Å². The van der Waals surface area contributed by atoms with Gasteiger partial charge in [-0.1, -0.05) is 0 Å². The lowest BCUT2D eigenvalue weighted by atomic mass is 10.3. The summed E-state index contributed by atoms with van der Waals surface area (Å²) in [7, 11) is 0. The van der Waals surface area contributed by atoms with Gasteiger partial charge in [-0.25, -0.2) is 4.98 Å². The number of nitrogens with two attached hydrogens (primary N) is 1. The van der Waals surface area contributed by atoms with Crippen LogP contribution in [0.25, 0.3) is 0 Å². The van der Waals surface area contributed by atoms with Crippen LogP contribution in [0.5, 0.6) is 0 Å². The molecular formula is C10H9BrN4S. The van der Waals surface area contributed by atoms with E-state index in [1.54, 1.807) is 12.4 Å².